The zero-order valence-electron chi connectivity index (χ0n) is 11.6. The fraction of sp³-hybridized carbons (Fsp3) is 0.294. The minimum absolute atomic E-state index is 0.240. The van der Waals surface area contributed by atoms with Crippen LogP contribution in [0.15, 0.2) is 42.5 Å². The van der Waals surface area contributed by atoms with E-state index in [0.29, 0.717) is 11.5 Å². The minimum Gasteiger partial charge on any atom is -0.384 e. The summed E-state index contributed by atoms with van der Waals surface area (Å²) in [5, 5.41) is 10.6. The Labute approximate surface area is 124 Å². The highest BCUT2D eigenvalue weighted by molar-refractivity contribution is 6.31. The second kappa shape index (κ2) is 6.38. The third kappa shape index (κ3) is 3.59. The average molecular weight is 293 g/mol. The van der Waals surface area contributed by atoms with E-state index < -0.39 is 11.9 Å². The molecule has 1 N–H and O–H groups in total. The SMILES string of the molecule is CC(C)Cc1ccc(C(O)c2ccc(F)cc2Cl)cc1. The summed E-state index contributed by atoms with van der Waals surface area (Å²) >= 11 is 5.97. The number of aliphatic hydroxyl groups is 1. The van der Waals surface area contributed by atoms with Gasteiger partial charge in [-0.2, -0.15) is 0 Å². The van der Waals surface area contributed by atoms with Gasteiger partial charge in [0.05, 0.1) is 0 Å². The van der Waals surface area contributed by atoms with Crippen molar-refractivity contribution >= 4 is 11.6 Å². The van der Waals surface area contributed by atoms with Gasteiger partial charge in [-0.25, -0.2) is 4.39 Å². The monoisotopic (exact) mass is 292 g/mol. The molecule has 0 aliphatic rings. The maximum absolute atomic E-state index is 13.0. The molecule has 106 valence electrons. The van der Waals surface area contributed by atoms with Crippen molar-refractivity contribution in [3.05, 3.63) is 70.0 Å². The van der Waals surface area contributed by atoms with Gasteiger partial charge in [0.15, 0.2) is 0 Å². The predicted molar refractivity (Wildman–Crippen MR) is 80.5 cm³/mol. The topological polar surface area (TPSA) is 20.2 Å². The summed E-state index contributed by atoms with van der Waals surface area (Å²) in [6.07, 6.45) is 0.171. The third-order valence-electron chi connectivity index (χ3n) is 3.20. The Morgan fingerprint density at radius 1 is 1.10 bits per heavy atom. The number of hydrogen-bond donors (Lipinski definition) is 1. The van der Waals surface area contributed by atoms with Crippen LogP contribution in [-0.4, -0.2) is 5.11 Å². The maximum Gasteiger partial charge on any atom is 0.124 e. The number of benzene rings is 2. The van der Waals surface area contributed by atoms with Gasteiger partial charge in [0.25, 0.3) is 0 Å². The second-order valence-electron chi connectivity index (χ2n) is 5.41. The van der Waals surface area contributed by atoms with Crippen molar-refractivity contribution in [2.75, 3.05) is 0 Å². The van der Waals surface area contributed by atoms with Gasteiger partial charge < -0.3 is 5.11 Å². The standard InChI is InChI=1S/C17H18ClFO/c1-11(2)9-12-3-5-13(6-4-12)17(20)15-8-7-14(19)10-16(15)18/h3-8,10-11,17,20H,9H2,1-2H3. The predicted octanol–water partition coefficient (Wildman–Crippen LogP) is 4.76. The Morgan fingerprint density at radius 2 is 1.75 bits per heavy atom. The molecule has 0 fully saturated rings. The van der Waals surface area contributed by atoms with Crippen molar-refractivity contribution in [3.63, 3.8) is 0 Å². The molecule has 20 heavy (non-hydrogen) atoms. The first-order valence-corrected chi connectivity index (χ1v) is 7.07. The first kappa shape index (κ1) is 15.0. The van der Waals surface area contributed by atoms with E-state index in [1.165, 1.54) is 23.8 Å². The summed E-state index contributed by atoms with van der Waals surface area (Å²) in [7, 11) is 0. The van der Waals surface area contributed by atoms with Gasteiger partial charge in [0.2, 0.25) is 0 Å². The first-order chi connectivity index (χ1) is 9.47. The molecule has 2 aromatic rings. The van der Waals surface area contributed by atoms with Gasteiger partial charge in [0, 0.05) is 10.6 Å². The molecule has 0 heterocycles. The van der Waals surface area contributed by atoms with Gasteiger partial charge in [-0.1, -0.05) is 55.8 Å². The van der Waals surface area contributed by atoms with E-state index in [4.69, 9.17) is 11.6 Å². The molecule has 0 aliphatic carbocycles. The molecule has 0 saturated carbocycles. The first-order valence-electron chi connectivity index (χ1n) is 6.69. The summed E-state index contributed by atoms with van der Waals surface area (Å²) in [4.78, 5) is 0. The quantitative estimate of drug-likeness (QED) is 0.861. The smallest absolute Gasteiger partial charge is 0.124 e. The molecule has 0 aromatic heterocycles. The van der Waals surface area contributed by atoms with Crippen LogP contribution in [0.4, 0.5) is 4.39 Å². The fourth-order valence-electron chi connectivity index (χ4n) is 2.21. The van der Waals surface area contributed by atoms with Crippen molar-refractivity contribution in [3.8, 4) is 0 Å². The molecule has 0 bridgehead atoms. The van der Waals surface area contributed by atoms with Crippen LogP contribution in [0.2, 0.25) is 5.02 Å². The van der Waals surface area contributed by atoms with Crippen LogP contribution in [-0.2, 0) is 6.42 Å². The number of hydrogen-bond acceptors (Lipinski definition) is 1. The van der Waals surface area contributed by atoms with E-state index in [0.717, 1.165) is 12.0 Å². The van der Waals surface area contributed by atoms with Crippen LogP contribution >= 0.6 is 11.6 Å². The Balaban J connectivity index is 2.22. The van der Waals surface area contributed by atoms with Crippen molar-refractivity contribution in [2.24, 2.45) is 5.92 Å². The van der Waals surface area contributed by atoms with Gasteiger partial charge in [-0.3, -0.25) is 0 Å². The summed E-state index contributed by atoms with van der Waals surface area (Å²) in [5.41, 5.74) is 2.51. The van der Waals surface area contributed by atoms with E-state index in [2.05, 4.69) is 13.8 Å². The largest absolute Gasteiger partial charge is 0.384 e. The van der Waals surface area contributed by atoms with Crippen molar-refractivity contribution in [1.82, 2.24) is 0 Å². The van der Waals surface area contributed by atoms with Gasteiger partial charge >= 0.3 is 0 Å². The van der Waals surface area contributed by atoms with Crippen LogP contribution in [0.1, 0.15) is 36.6 Å². The normalized spacial score (nSPS) is 12.7. The lowest BCUT2D eigenvalue weighted by Crippen LogP contribution is -2.02. The molecule has 1 nitrogen and oxygen atoms in total. The van der Waals surface area contributed by atoms with E-state index >= 15 is 0 Å². The Kier molecular flexibility index (Phi) is 4.79. The molecule has 2 aromatic carbocycles. The van der Waals surface area contributed by atoms with Gasteiger partial charge in [-0.15, -0.1) is 0 Å². The van der Waals surface area contributed by atoms with Crippen LogP contribution in [0.3, 0.4) is 0 Å². The maximum atomic E-state index is 13.0. The lowest BCUT2D eigenvalue weighted by molar-refractivity contribution is 0.220. The molecule has 0 aliphatic heterocycles. The van der Waals surface area contributed by atoms with Crippen molar-refractivity contribution in [1.29, 1.82) is 0 Å². The molecule has 0 spiro atoms. The van der Waals surface area contributed by atoms with Crippen molar-refractivity contribution < 1.29 is 9.50 Å². The molecule has 3 heteroatoms. The molecular formula is C17H18ClFO. The molecule has 0 radical (unpaired) electrons. The van der Waals surface area contributed by atoms with Crippen LogP contribution in [0, 0.1) is 11.7 Å². The molecule has 1 unspecified atom stereocenters. The van der Waals surface area contributed by atoms with Crippen molar-refractivity contribution in [2.45, 2.75) is 26.4 Å². The lowest BCUT2D eigenvalue weighted by atomic mass is 9.97. The van der Waals surface area contributed by atoms with Crippen LogP contribution in [0.5, 0.6) is 0 Å². The van der Waals surface area contributed by atoms with Gasteiger partial charge in [-0.05, 0) is 35.6 Å². The molecule has 2 rings (SSSR count). The molecule has 1 atom stereocenters. The minimum atomic E-state index is -0.837. The van der Waals surface area contributed by atoms with E-state index in [9.17, 15) is 9.50 Å². The Morgan fingerprint density at radius 3 is 2.30 bits per heavy atom. The van der Waals surface area contributed by atoms with E-state index in [1.54, 1.807) is 0 Å². The summed E-state index contributed by atoms with van der Waals surface area (Å²) in [5.74, 6) is 0.190. The number of rotatable bonds is 4. The summed E-state index contributed by atoms with van der Waals surface area (Å²) < 4.78 is 13.0. The van der Waals surface area contributed by atoms with Crippen LogP contribution < -0.4 is 0 Å². The molecular weight excluding hydrogens is 275 g/mol. The fourth-order valence-corrected chi connectivity index (χ4v) is 2.48. The highest BCUT2D eigenvalue weighted by Crippen LogP contribution is 2.29. The highest BCUT2D eigenvalue weighted by Gasteiger charge is 2.14. The third-order valence-corrected chi connectivity index (χ3v) is 3.52. The summed E-state index contributed by atoms with van der Waals surface area (Å²) in [6.45, 7) is 4.34. The molecule has 0 amide bonds. The number of halogens is 2. The zero-order chi connectivity index (χ0) is 14.7. The highest BCUT2D eigenvalue weighted by atomic mass is 35.5. The zero-order valence-corrected chi connectivity index (χ0v) is 12.4. The second-order valence-corrected chi connectivity index (χ2v) is 5.82. The van der Waals surface area contributed by atoms with Gasteiger partial charge in [0.1, 0.15) is 11.9 Å². The lowest BCUT2D eigenvalue weighted by Gasteiger charge is -2.14. The summed E-state index contributed by atoms with van der Waals surface area (Å²) in [6, 6.07) is 11.8. The average Bonchev–Trinajstić information content (AvgIpc) is 2.38. The Hall–Kier alpha value is -1.38. The van der Waals surface area contributed by atoms with Crippen LogP contribution in [0.25, 0.3) is 0 Å². The number of aliphatic hydroxyl groups excluding tert-OH is 1. The Bertz CT molecular complexity index is 578. The molecule has 0 saturated heterocycles. The van der Waals surface area contributed by atoms with E-state index in [-0.39, 0.29) is 5.02 Å². The van der Waals surface area contributed by atoms with E-state index in [1.807, 2.05) is 24.3 Å².